The van der Waals surface area contributed by atoms with Crippen LogP contribution in [0.3, 0.4) is 0 Å². The molecule has 2 saturated heterocycles. The Bertz CT molecular complexity index is 837. The molecule has 0 bridgehead atoms. The standard InChI is InChI=1S/C22H27N3O2/c1-16-15-23-11-14-25(16)21(26)18-9-12-24(13-10-18)22(27)20-8-4-6-17-5-2-3-7-19(17)20/h2-8,16,18,23H,9-15H2,1H3/t16-/m1/s1. The zero-order chi connectivity index (χ0) is 18.8. The van der Waals surface area contributed by atoms with Gasteiger partial charge in [-0.25, -0.2) is 0 Å². The van der Waals surface area contributed by atoms with Gasteiger partial charge in [0.1, 0.15) is 0 Å². The highest BCUT2D eigenvalue weighted by molar-refractivity contribution is 6.07. The van der Waals surface area contributed by atoms with Gasteiger partial charge in [-0.15, -0.1) is 0 Å². The molecule has 2 aromatic carbocycles. The minimum atomic E-state index is 0.0436. The van der Waals surface area contributed by atoms with Gasteiger partial charge in [-0.2, -0.15) is 0 Å². The molecule has 2 aliphatic heterocycles. The van der Waals surface area contributed by atoms with Crippen molar-refractivity contribution in [3.8, 4) is 0 Å². The minimum Gasteiger partial charge on any atom is -0.339 e. The Balaban J connectivity index is 1.43. The maximum absolute atomic E-state index is 13.1. The van der Waals surface area contributed by atoms with Crippen LogP contribution < -0.4 is 5.32 Å². The molecule has 1 N–H and O–H groups in total. The summed E-state index contributed by atoms with van der Waals surface area (Å²) in [5.74, 6) is 0.386. The summed E-state index contributed by atoms with van der Waals surface area (Å²) in [6, 6.07) is 14.1. The number of nitrogens with one attached hydrogen (secondary N) is 1. The Morgan fingerprint density at radius 1 is 1.00 bits per heavy atom. The lowest BCUT2D eigenvalue weighted by Crippen LogP contribution is -2.55. The molecule has 2 aliphatic rings. The smallest absolute Gasteiger partial charge is 0.254 e. The van der Waals surface area contributed by atoms with Gasteiger partial charge in [-0.05, 0) is 36.6 Å². The van der Waals surface area contributed by atoms with E-state index in [1.807, 2.05) is 52.3 Å². The lowest BCUT2D eigenvalue weighted by Gasteiger charge is -2.39. The van der Waals surface area contributed by atoms with Gasteiger partial charge in [-0.3, -0.25) is 9.59 Å². The number of benzene rings is 2. The molecule has 0 radical (unpaired) electrons. The number of piperazine rings is 1. The monoisotopic (exact) mass is 365 g/mol. The molecular formula is C22H27N3O2. The second-order valence-corrected chi connectivity index (χ2v) is 7.68. The van der Waals surface area contributed by atoms with Crippen molar-refractivity contribution < 1.29 is 9.59 Å². The Morgan fingerprint density at radius 2 is 1.74 bits per heavy atom. The predicted molar refractivity (Wildman–Crippen MR) is 107 cm³/mol. The van der Waals surface area contributed by atoms with Crippen molar-refractivity contribution in [2.45, 2.75) is 25.8 Å². The molecule has 0 unspecified atom stereocenters. The molecule has 2 aromatic rings. The number of rotatable bonds is 2. The fourth-order valence-corrected chi connectivity index (χ4v) is 4.31. The fraction of sp³-hybridized carbons (Fsp3) is 0.455. The van der Waals surface area contributed by atoms with E-state index in [1.165, 1.54) is 0 Å². The first-order chi connectivity index (χ1) is 13.1. The Morgan fingerprint density at radius 3 is 2.52 bits per heavy atom. The summed E-state index contributed by atoms with van der Waals surface area (Å²) in [6.45, 7) is 5.93. The second-order valence-electron chi connectivity index (χ2n) is 7.68. The highest BCUT2D eigenvalue weighted by Crippen LogP contribution is 2.25. The van der Waals surface area contributed by atoms with Crippen LogP contribution in [0.2, 0.25) is 0 Å². The molecule has 1 atom stereocenters. The molecule has 142 valence electrons. The normalized spacial score (nSPS) is 21.4. The molecule has 5 heteroatoms. The number of carbonyl (C=O) groups excluding carboxylic acids is 2. The van der Waals surface area contributed by atoms with E-state index in [1.54, 1.807) is 0 Å². The first kappa shape index (κ1) is 18.0. The number of hydrogen-bond donors (Lipinski definition) is 1. The van der Waals surface area contributed by atoms with Crippen molar-refractivity contribution in [1.82, 2.24) is 15.1 Å². The van der Waals surface area contributed by atoms with Crippen LogP contribution in [-0.2, 0) is 4.79 Å². The van der Waals surface area contributed by atoms with Crippen LogP contribution >= 0.6 is 0 Å². The quantitative estimate of drug-likeness (QED) is 0.890. The summed E-state index contributed by atoms with van der Waals surface area (Å²) in [5.41, 5.74) is 0.758. The summed E-state index contributed by atoms with van der Waals surface area (Å²) in [4.78, 5) is 29.9. The number of piperidine rings is 1. The lowest BCUT2D eigenvalue weighted by molar-refractivity contribution is -0.139. The topological polar surface area (TPSA) is 52.7 Å². The van der Waals surface area contributed by atoms with E-state index in [0.717, 1.165) is 48.8 Å². The molecule has 2 heterocycles. The second kappa shape index (κ2) is 7.69. The van der Waals surface area contributed by atoms with Crippen LogP contribution in [0.25, 0.3) is 10.8 Å². The zero-order valence-electron chi connectivity index (χ0n) is 15.9. The molecular weight excluding hydrogens is 338 g/mol. The molecule has 0 aromatic heterocycles. The van der Waals surface area contributed by atoms with Crippen molar-refractivity contribution in [1.29, 1.82) is 0 Å². The molecule has 27 heavy (non-hydrogen) atoms. The van der Waals surface area contributed by atoms with Crippen LogP contribution in [0.5, 0.6) is 0 Å². The van der Waals surface area contributed by atoms with Crippen LogP contribution in [0.1, 0.15) is 30.1 Å². The number of carbonyl (C=O) groups is 2. The molecule has 0 saturated carbocycles. The Hall–Kier alpha value is -2.40. The summed E-state index contributed by atoms with van der Waals surface area (Å²) in [7, 11) is 0. The first-order valence-corrected chi connectivity index (χ1v) is 9.93. The first-order valence-electron chi connectivity index (χ1n) is 9.93. The van der Waals surface area contributed by atoms with Gasteiger partial charge in [0.2, 0.25) is 5.91 Å². The van der Waals surface area contributed by atoms with Gasteiger partial charge in [-0.1, -0.05) is 36.4 Å². The van der Waals surface area contributed by atoms with E-state index in [0.29, 0.717) is 13.1 Å². The Labute approximate surface area is 160 Å². The van der Waals surface area contributed by atoms with Crippen molar-refractivity contribution in [3.05, 3.63) is 48.0 Å². The minimum absolute atomic E-state index is 0.0436. The predicted octanol–water partition coefficient (Wildman–Crippen LogP) is 2.51. The highest BCUT2D eigenvalue weighted by Gasteiger charge is 2.33. The van der Waals surface area contributed by atoms with Crippen LogP contribution in [0.15, 0.2) is 42.5 Å². The van der Waals surface area contributed by atoms with E-state index >= 15 is 0 Å². The van der Waals surface area contributed by atoms with E-state index in [4.69, 9.17) is 0 Å². The van der Waals surface area contributed by atoms with Gasteiger partial charge in [0, 0.05) is 50.2 Å². The van der Waals surface area contributed by atoms with E-state index in [9.17, 15) is 9.59 Å². The summed E-state index contributed by atoms with van der Waals surface area (Å²) in [5, 5.41) is 5.41. The number of nitrogens with zero attached hydrogens (tertiary/aromatic N) is 2. The molecule has 4 rings (SSSR count). The zero-order valence-corrected chi connectivity index (χ0v) is 15.9. The maximum atomic E-state index is 13.1. The molecule has 0 aliphatic carbocycles. The fourth-order valence-electron chi connectivity index (χ4n) is 4.31. The number of likely N-dealkylation sites (tertiary alicyclic amines) is 1. The summed E-state index contributed by atoms with van der Waals surface area (Å²) < 4.78 is 0. The number of fused-ring (bicyclic) bond motifs is 1. The van der Waals surface area contributed by atoms with Crippen molar-refractivity contribution >= 4 is 22.6 Å². The summed E-state index contributed by atoms with van der Waals surface area (Å²) in [6.07, 6.45) is 1.51. The van der Waals surface area contributed by atoms with Gasteiger partial charge in [0.25, 0.3) is 5.91 Å². The van der Waals surface area contributed by atoms with Gasteiger partial charge in [0.15, 0.2) is 0 Å². The molecule has 5 nitrogen and oxygen atoms in total. The van der Waals surface area contributed by atoms with Gasteiger partial charge in [0.05, 0.1) is 0 Å². The number of amides is 2. The van der Waals surface area contributed by atoms with E-state index in [-0.39, 0.29) is 23.8 Å². The molecule has 2 fully saturated rings. The van der Waals surface area contributed by atoms with Crippen molar-refractivity contribution in [3.63, 3.8) is 0 Å². The third kappa shape index (κ3) is 3.56. The van der Waals surface area contributed by atoms with Crippen LogP contribution in [0.4, 0.5) is 0 Å². The lowest BCUT2D eigenvalue weighted by atomic mass is 9.93. The highest BCUT2D eigenvalue weighted by atomic mass is 16.2. The van der Waals surface area contributed by atoms with Gasteiger partial charge >= 0.3 is 0 Å². The maximum Gasteiger partial charge on any atom is 0.254 e. The largest absolute Gasteiger partial charge is 0.339 e. The SMILES string of the molecule is C[C@@H]1CNCCN1C(=O)C1CCN(C(=O)c2cccc3ccccc23)CC1. The van der Waals surface area contributed by atoms with Crippen molar-refractivity contribution in [2.75, 3.05) is 32.7 Å². The molecule has 0 spiro atoms. The van der Waals surface area contributed by atoms with Crippen molar-refractivity contribution in [2.24, 2.45) is 5.92 Å². The third-order valence-corrected chi connectivity index (χ3v) is 5.94. The Kier molecular flexibility index (Phi) is 5.12. The van der Waals surface area contributed by atoms with E-state index in [2.05, 4.69) is 12.2 Å². The van der Waals surface area contributed by atoms with Crippen LogP contribution in [-0.4, -0.2) is 60.4 Å². The number of hydrogen-bond acceptors (Lipinski definition) is 3. The van der Waals surface area contributed by atoms with Crippen LogP contribution in [0, 0.1) is 5.92 Å². The third-order valence-electron chi connectivity index (χ3n) is 5.94. The average Bonchev–Trinajstić information content (AvgIpc) is 2.73. The summed E-state index contributed by atoms with van der Waals surface area (Å²) >= 11 is 0. The van der Waals surface area contributed by atoms with Gasteiger partial charge < -0.3 is 15.1 Å². The average molecular weight is 365 g/mol. The molecule has 2 amide bonds. The van der Waals surface area contributed by atoms with E-state index < -0.39 is 0 Å².